The van der Waals surface area contributed by atoms with Gasteiger partial charge in [-0.25, -0.2) is 4.39 Å². The van der Waals surface area contributed by atoms with Crippen molar-refractivity contribution in [3.8, 4) is 6.07 Å². The number of nitrogens with zero attached hydrogens (tertiary/aromatic N) is 1. The summed E-state index contributed by atoms with van der Waals surface area (Å²) in [6.07, 6.45) is 0.892. The van der Waals surface area contributed by atoms with Crippen molar-refractivity contribution >= 4 is 0 Å². The summed E-state index contributed by atoms with van der Waals surface area (Å²) in [6, 6.07) is 2.07. The molecular weight excluding hydrogens is 129 g/mol. The molecule has 1 saturated carbocycles. The highest BCUT2D eigenvalue weighted by atomic mass is 19.1. The molecule has 1 rings (SSSR count). The highest BCUT2D eigenvalue weighted by Gasteiger charge is 2.23. The number of allylic oxidation sites excluding steroid dienone is 1. The molecule has 0 radical (unpaired) electrons. The van der Waals surface area contributed by atoms with Crippen LogP contribution in [0.15, 0.2) is 12.2 Å². The van der Waals surface area contributed by atoms with Gasteiger partial charge in [0.2, 0.25) is 0 Å². The van der Waals surface area contributed by atoms with Crippen molar-refractivity contribution in [1.82, 2.24) is 0 Å². The molecule has 0 aromatic heterocycles. The minimum Gasteiger partial charge on any atom is -0.243 e. The molecule has 1 aliphatic rings. The van der Waals surface area contributed by atoms with E-state index >= 15 is 0 Å². The Balaban J connectivity index is 2.50. The molecule has 0 aromatic carbocycles. The fourth-order valence-corrected chi connectivity index (χ4v) is 1.17. The van der Waals surface area contributed by atoms with Crippen molar-refractivity contribution in [3.05, 3.63) is 12.2 Å². The normalized spacial score (nSPS) is 33.4. The highest BCUT2D eigenvalue weighted by Crippen LogP contribution is 2.28. The van der Waals surface area contributed by atoms with Crippen LogP contribution < -0.4 is 0 Å². The molecule has 0 spiro atoms. The van der Waals surface area contributed by atoms with Gasteiger partial charge in [-0.2, -0.15) is 5.26 Å². The van der Waals surface area contributed by atoms with Crippen molar-refractivity contribution in [2.24, 2.45) is 5.92 Å². The molecule has 2 atom stereocenters. The van der Waals surface area contributed by atoms with E-state index in [1.54, 1.807) is 0 Å². The Hall–Kier alpha value is -0.840. The second-order valence-electron chi connectivity index (χ2n) is 2.73. The van der Waals surface area contributed by atoms with Crippen molar-refractivity contribution in [3.63, 3.8) is 0 Å². The SMILES string of the molecule is C=C1CCC(C#N)CC1F. The van der Waals surface area contributed by atoms with E-state index in [0.29, 0.717) is 18.4 Å². The molecule has 0 aromatic rings. The largest absolute Gasteiger partial charge is 0.243 e. The Bertz CT molecular complexity index is 180. The smallest absolute Gasteiger partial charge is 0.122 e. The Morgan fingerprint density at radius 1 is 1.70 bits per heavy atom. The maximum atomic E-state index is 12.8. The van der Waals surface area contributed by atoms with Gasteiger partial charge in [0.25, 0.3) is 0 Å². The molecule has 10 heavy (non-hydrogen) atoms. The highest BCUT2D eigenvalue weighted by molar-refractivity contribution is 5.08. The maximum Gasteiger partial charge on any atom is 0.122 e. The molecule has 1 aliphatic carbocycles. The number of hydrogen-bond donors (Lipinski definition) is 0. The number of alkyl halides is 1. The molecule has 54 valence electrons. The third-order valence-electron chi connectivity index (χ3n) is 1.93. The molecule has 1 nitrogen and oxygen atoms in total. The van der Waals surface area contributed by atoms with E-state index in [1.165, 1.54) is 0 Å². The minimum atomic E-state index is -0.932. The Kier molecular flexibility index (Phi) is 2.06. The second-order valence-corrected chi connectivity index (χ2v) is 2.73. The summed E-state index contributed by atoms with van der Waals surface area (Å²) in [7, 11) is 0. The third kappa shape index (κ3) is 1.36. The van der Waals surface area contributed by atoms with Gasteiger partial charge in [-0.3, -0.25) is 0 Å². The van der Waals surface area contributed by atoms with E-state index < -0.39 is 6.17 Å². The van der Waals surface area contributed by atoms with Crippen LogP contribution in [0.5, 0.6) is 0 Å². The van der Waals surface area contributed by atoms with Gasteiger partial charge < -0.3 is 0 Å². The number of hydrogen-bond acceptors (Lipinski definition) is 1. The van der Waals surface area contributed by atoms with Crippen LogP contribution in [0.25, 0.3) is 0 Å². The lowest BCUT2D eigenvalue weighted by Crippen LogP contribution is -2.16. The van der Waals surface area contributed by atoms with E-state index in [9.17, 15) is 4.39 Å². The first-order valence-corrected chi connectivity index (χ1v) is 3.45. The van der Waals surface area contributed by atoms with Crippen LogP contribution in [0.2, 0.25) is 0 Å². The zero-order valence-corrected chi connectivity index (χ0v) is 5.81. The van der Waals surface area contributed by atoms with Crippen LogP contribution in [0.1, 0.15) is 19.3 Å². The minimum absolute atomic E-state index is 0.0829. The van der Waals surface area contributed by atoms with Crippen LogP contribution in [0, 0.1) is 17.2 Å². The lowest BCUT2D eigenvalue weighted by molar-refractivity contribution is 0.287. The molecular formula is C8H10FN. The molecule has 0 saturated heterocycles. The van der Waals surface area contributed by atoms with E-state index in [1.807, 2.05) is 0 Å². The quantitative estimate of drug-likeness (QED) is 0.472. The molecule has 0 amide bonds. The zero-order chi connectivity index (χ0) is 7.56. The van der Waals surface area contributed by atoms with E-state index in [-0.39, 0.29) is 5.92 Å². The average Bonchev–Trinajstić information content (AvgIpc) is 1.95. The standard InChI is InChI=1S/C8H10FN/c1-6-2-3-7(5-10)4-8(6)9/h7-8H,1-4H2. The van der Waals surface area contributed by atoms with E-state index in [2.05, 4.69) is 12.6 Å². The van der Waals surface area contributed by atoms with Crippen molar-refractivity contribution in [1.29, 1.82) is 5.26 Å². The van der Waals surface area contributed by atoms with Gasteiger partial charge in [-0.05, 0) is 24.8 Å². The maximum absolute atomic E-state index is 12.8. The van der Waals surface area contributed by atoms with Gasteiger partial charge in [0.05, 0.1) is 6.07 Å². The van der Waals surface area contributed by atoms with E-state index in [0.717, 1.165) is 6.42 Å². The third-order valence-corrected chi connectivity index (χ3v) is 1.93. The van der Waals surface area contributed by atoms with Crippen LogP contribution in [0.3, 0.4) is 0 Å². The predicted molar refractivity (Wildman–Crippen MR) is 37.0 cm³/mol. The number of halogens is 1. The summed E-state index contributed by atoms with van der Waals surface area (Å²) in [5.41, 5.74) is 0.659. The molecule has 0 heterocycles. The predicted octanol–water partition coefficient (Wildman–Crippen LogP) is 2.20. The Morgan fingerprint density at radius 2 is 2.40 bits per heavy atom. The first-order valence-electron chi connectivity index (χ1n) is 3.45. The summed E-state index contributed by atoms with van der Waals surface area (Å²) < 4.78 is 12.8. The summed E-state index contributed by atoms with van der Waals surface area (Å²) >= 11 is 0. The molecule has 0 N–H and O–H groups in total. The summed E-state index contributed by atoms with van der Waals surface area (Å²) in [4.78, 5) is 0. The van der Waals surface area contributed by atoms with Crippen LogP contribution in [0.4, 0.5) is 4.39 Å². The number of rotatable bonds is 0. The van der Waals surface area contributed by atoms with Crippen molar-refractivity contribution in [2.75, 3.05) is 0 Å². The first-order chi connectivity index (χ1) is 4.74. The Morgan fingerprint density at radius 3 is 2.90 bits per heavy atom. The lowest BCUT2D eigenvalue weighted by Gasteiger charge is -2.20. The summed E-state index contributed by atoms with van der Waals surface area (Å²) in [6.45, 7) is 3.58. The van der Waals surface area contributed by atoms with Crippen LogP contribution >= 0.6 is 0 Å². The van der Waals surface area contributed by atoms with Gasteiger partial charge >= 0.3 is 0 Å². The monoisotopic (exact) mass is 139 g/mol. The van der Waals surface area contributed by atoms with Crippen molar-refractivity contribution in [2.45, 2.75) is 25.4 Å². The van der Waals surface area contributed by atoms with Gasteiger partial charge in [-0.15, -0.1) is 0 Å². The molecule has 2 unspecified atom stereocenters. The van der Waals surface area contributed by atoms with Gasteiger partial charge in [0, 0.05) is 5.92 Å². The van der Waals surface area contributed by atoms with Gasteiger partial charge in [0.1, 0.15) is 6.17 Å². The van der Waals surface area contributed by atoms with E-state index in [4.69, 9.17) is 5.26 Å². The number of nitriles is 1. The summed E-state index contributed by atoms with van der Waals surface area (Å²) in [5.74, 6) is -0.0829. The van der Waals surface area contributed by atoms with Gasteiger partial charge in [0.15, 0.2) is 0 Å². The average molecular weight is 139 g/mol. The first kappa shape index (κ1) is 7.27. The van der Waals surface area contributed by atoms with Gasteiger partial charge in [-0.1, -0.05) is 6.58 Å². The molecule has 0 aliphatic heterocycles. The topological polar surface area (TPSA) is 23.8 Å². The van der Waals surface area contributed by atoms with Crippen molar-refractivity contribution < 1.29 is 4.39 Å². The second kappa shape index (κ2) is 2.83. The molecule has 2 heteroatoms. The fraction of sp³-hybridized carbons (Fsp3) is 0.625. The molecule has 1 fully saturated rings. The van der Waals surface area contributed by atoms with Crippen LogP contribution in [-0.4, -0.2) is 6.17 Å². The molecule has 0 bridgehead atoms. The Labute approximate surface area is 60.2 Å². The fourth-order valence-electron chi connectivity index (χ4n) is 1.17. The summed E-state index contributed by atoms with van der Waals surface area (Å²) in [5, 5.41) is 8.45. The lowest BCUT2D eigenvalue weighted by atomic mass is 9.86. The zero-order valence-electron chi connectivity index (χ0n) is 5.81. The van der Waals surface area contributed by atoms with Crippen LogP contribution in [-0.2, 0) is 0 Å².